The van der Waals surface area contributed by atoms with E-state index in [4.69, 9.17) is 39.5 Å². The molecule has 0 aromatic heterocycles. The van der Waals surface area contributed by atoms with Crippen LogP contribution in [-0.2, 0) is 16.4 Å². The smallest absolute Gasteiger partial charge is 0.254 e. The van der Waals surface area contributed by atoms with Crippen LogP contribution >= 0.6 is 34.8 Å². The van der Waals surface area contributed by atoms with Gasteiger partial charge in [-0.2, -0.15) is 0 Å². The zero-order valence-electron chi connectivity index (χ0n) is 16.0. The second kappa shape index (κ2) is 9.30. The molecule has 0 saturated carbocycles. The quantitative estimate of drug-likeness (QED) is 0.566. The SMILES string of the molecule is CCOc1c(Cl)cc(C(=O)N(Cc2c(F)cccc2Cl)C2CCS(=O)(=O)C2)cc1Cl. The number of amides is 1. The molecule has 3 rings (SSSR count). The molecule has 10 heteroatoms. The van der Waals surface area contributed by atoms with Crippen LogP contribution in [0.5, 0.6) is 5.75 Å². The first-order valence-corrected chi connectivity index (χ1v) is 12.1. The Labute approximate surface area is 189 Å². The van der Waals surface area contributed by atoms with Gasteiger partial charge in [0.05, 0.1) is 34.7 Å². The topological polar surface area (TPSA) is 63.7 Å². The molecule has 0 aliphatic carbocycles. The van der Waals surface area contributed by atoms with Crippen LogP contribution < -0.4 is 4.74 Å². The second-order valence-electron chi connectivity index (χ2n) is 6.89. The van der Waals surface area contributed by atoms with Crippen molar-refractivity contribution in [2.45, 2.75) is 25.9 Å². The molecule has 2 aromatic carbocycles. The number of carbonyl (C=O) groups is 1. The Balaban J connectivity index is 2.01. The fraction of sp³-hybridized carbons (Fsp3) is 0.350. The maximum atomic E-state index is 14.4. The lowest BCUT2D eigenvalue weighted by Crippen LogP contribution is -2.41. The predicted molar refractivity (Wildman–Crippen MR) is 116 cm³/mol. The lowest BCUT2D eigenvalue weighted by atomic mass is 10.1. The van der Waals surface area contributed by atoms with Crippen molar-refractivity contribution in [1.29, 1.82) is 0 Å². The van der Waals surface area contributed by atoms with E-state index in [0.29, 0.717) is 6.61 Å². The van der Waals surface area contributed by atoms with Crippen molar-refractivity contribution in [3.63, 3.8) is 0 Å². The summed E-state index contributed by atoms with van der Waals surface area (Å²) in [5, 5.41) is 0.447. The molecular weight excluding hydrogens is 476 g/mol. The Morgan fingerprint density at radius 3 is 2.40 bits per heavy atom. The summed E-state index contributed by atoms with van der Waals surface area (Å²) in [6.07, 6.45) is 0.249. The third kappa shape index (κ3) is 5.02. The molecule has 1 aliphatic heterocycles. The summed E-state index contributed by atoms with van der Waals surface area (Å²) in [5.41, 5.74) is 0.255. The van der Waals surface area contributed by atoms with Gasteiger partial charge >= 0.3 is 0 Å². The van der Waals surface area contributed by atoms with Crippen molar-refractivity contribution < 1.29 is 22.3 Å². The van der Waals surface area contributed by atoms with Crippen molar-refractivity contribution in [1.82, 2.24) is 4.90 Å². The van der Waals surface area contributed by atoms with Crippen LogP contribution in [0.25, 0.3) is 0 Å². The van der Waals surface area contributed by atoms with Gasteiger partial charge in [-0.05, 0) is 37.6 Å². The highest BCUT2D eigenvalue weighted by atomic mass is 35.5. The molecule has 2 aromatic rings. The Kier molecular flexibility index (Phi) is 7.17. The minimum absolute atomic E-state index is 0.0444. The van der Waals surface area contributed by atoms with Crippen LogP contribution in [0, 0.1) is 5.82 Å². The molecule has 162 valence electrons. The van der Waals surface area contributed by atoms with Gasteiger partial charge < -0.3 is 9.64 Å². The number of hydrogen-bond acceptors (Lipinski definition) is 4. The maximum absolute atomic E-state index is 14.4. The molecule has 1 heterocycles. The van der Waals surface area contributed by atoms with Gasteiger partial charge in [0.25, 0.3) is 5.91 Å². The average Bonchev–Trinajstić information content (AvgIpc) is 3.03. The Morgan fingerprint density at radius 1 is 1.20 bits per heavy atom. The van der Waals surface area contributed by atoms with Crippen molar-refractivity contribution in [2.24, 2.45) is 0 Å². The van der Waals surface area contributed by atoms with Crippen LogP contribution in [0.4, 0.5) is 4.39 Å². The minimum Gasteiger partial charge on any atom is -0.491 e. The number of ether oxygens (including phenoxy) is 1. The molecule has 0 spiro atoms. The van der Waals surface area contributed by atoms with E-state index in [2.05, 4.69) is 0 Å². The van der Waals surface area contributed by atoms with Gasteiger partial charge in [0.15, 0.2) is 15.6 Å². The first-order chi connectivity index (χ1) is 14.1. The first kappa shape index (κ1) is 23.1. The lowest BCUT2D eigenvalue weighted by Gasteiger charge is -2.29. The van der Waals surface area contributed by atoms with Crippen LogP contribution in [0.1, 0.15) is 29.3 Å². The van der Waals surface area contributed by atoms with Gasteiger partial charge in [-0.25, -0.2) is 12.8 Å². The van der Waals surface area contributed by atoms with E-state index in [9.17, 15) is 17.6 Å². The van der Waals surface area contributed by atoms with E-state index in [0.717, 1.165) is 0 Å². The molecule has 1 atom stereocenters. The fourth-order valence-electron chi connectivity index (χ4n) is 3.37. The lowest BCUT2D eigenvalue weighted by molar-refractivity contribution is 0.0679. The summed E-state index contributed by atoms with van der Waals surface area (Å²) in [6, 6.07) is 6.39. The van der Waals surface area contributed by atoms with E-state index in [1.807, 2.05) is 0 Å². The van der Waals surface area contributed by atoms with Crippen LogP contribution in [-0.4, -0.2) is 43.4 Å². The molecule has 0 N–H and O–H groups in total. The summed E-state index contributed by atoms with van der Waals surface area (Å²) >= 11 is 18.6. The highest BCUT2D eigenvalue weighted by molar-refractivity contribution is 7.91. The molecule has 1 aliphatic rings. The van der Waals surface area contributed by atoms with Gasteiger partial charge in [-0.1, -0.05) is 40.9 Å². The Morgan fingerprint density at radius 2 is 1.87 bits per heavy atom. The van der Waals surface area contributed by atoms with Gasteiger partial charge in [-0.15, -0.1) is 0 Å². The van der Waals surface area contributed by atoms with E-state index in [-0.39, 0.29) is 56.4 Å². The third-order valence-corrected chi connectivity index (χ3v) is 7.50. The predicted octanol–water partition coefficient (Wildman–Crippen LogP) is 5.01. The number of halogens is 4. The number of nitrogens with zero attached hydrogens (tertiary/aromatic N) is 1. The van der Waals surface area contributed by atoms with Gasteiger partial charge in [-0.3, -0.25) is 4.79 Å². The molecule has 1 saturated heterocycles. The van der Waals surface area contributed by atoms with Gasteiger partial charge in [0.1, 0.15) is 5.82 Å². The molecule has 0 radical (unpaired) electrons. The van der Waals surface area contributed by atoms with E-state index >= 15 is 0 Å². The third-order valence-electron chi connectivity index (χ3n) is 4.83. The second-order valence-corrected chi connectivity index (χ2v) is 10.3. The fourth-order valence-corrected chi connectivity index (χ4v) is 5.92. The number of hydrogen-bond donors (Lipinski definition) is 0. The summed E-state index contributed by atoms with van der Waals surface area (Å²) in [6.45, 7) is 1.92. The molecule has 0 bridgehead atoms. The van der Waals surface area contributed by atoms with Crippen molar-refractivity contribution in [3.05, 3.63) is 62.3 Å². The number of carbonyl (C=O) groups excluding carboxylic acids is 1. The van der Waals surface area contributed by atoms with Crippen LogP contribution in [0.3, 0.4) is 0 Å². The minimum atomic E-state index is -3.29. The Hall–Kier alpha value is -1.54. The number of benzene rings is 2. The van der Waals surface area contributed by atoms with Gasteiger partial charge in [0.2, 0.25) is 0 Å². The largest absolute Gasteiger partial charge is 0.491 e. The zero-order valence-corrected chi connectivity index (χ0v) is 19.1. The zero-order chi connectivity index (χ0) is 22.1. The monoisotopic (exact) mass is 493 g/mol. The summed E-state index contributed by atoms with van der Waals surface area (Å²) in [7, 11) is -3.29. The molecule has 30 heavy (non-hydrogen) atoms. The number of rotatable bonds is 6. The molecular formula is C20H19Cl3FNO4S. The summed E-state index contributed by atoms with van der Waals surface area (Å²) in [5.74, 6) is -1.10. The Bertz CT molecular complexity index is 1030. The van der Waals surface area contributed by atoms with Crippen molar-refractivity contribution in [3.8, 4) is 5.75 Å². The first-order valence-electron chi connectivity index (χ1n) is 9.19. The van der Waals surface area contributed by atoms with E-state index in [1.165, 1.54) is 35.2 Å². The molecule has 1 fully saturated rings. The van der Waals surface area contributed by atoms with E-state index in [1.54, 1.807) is 6.92 Å². The summed E-state index contributed by atoms with van der Waals surface area (Å²) < 4.78 is 43.8. The molecule has 1 unspecified atom stereocenters. The highest BCUT2D eigenvalue weighted by Crippen LogP contribution is 2.35. The molecule has 1 amide bonds. The number of sulfone groups is 1. The van der Waals surface area contributed by atoms with Crippen molar-refractivity contribution in [2.75, 3.05) is 18.1 Å². The van der Waals surface area contributed by atoms with Crippen molar-refractivity contribution >= 4 is 50.5 Å². The normalized spacial score (nSPS) is 17.7. The van der Waals surface area contributed by atoms with Gasteiger partial charge in [0, 0.05) is 22.2 Å². The maximum Gasteiger partial charge on any atom is 0.254 e. The summed E-state index contributed by atoms with van der Waals surface area (Å²) in [4.78, 5) is 14.7. The molecule has 5 nitrogen and oxygen atoms in total. The highest BCUT2D eigenvalue weighted by Gasteiger charge is 2.36. The van der Waals surface area contributed by atoms with Crippen LogP contribution in [0.2, 0.25) is 15.1 Å². The van der Waals surface area contributed by atoms with Crippen LogP contribution in [0.15, 0.2) is 30.3 Å². The standard InChI is InChI=1S/C20H19Cl3FNO4S/c1-2-29-19-16(22)8-12(9-17(19)23)20(26)25(13-6-7-30(27,28)11-13)10-14-15(21)4-3-5-18(14)24/h3-5,8-9,13H,2,6-7,10-11H2,1H3. The average molecular weight is 495 g/mol. The van der Waals surface area contributed by atoms with E-state index < -0.39 is 27.6 Å².